The van der Waals surface area contributed by atoms with Crippen LogP contribution in [-0.2, 0) is 0 Å². The number of nitrogens with one attached hydrogen (secondary N) is 2. The summed E-state index contributed by atoms with van der Waals surface area (Å²) >= 11 is 0. The molecule has 3 rings (SSSR count). The first kappa shape index (κ1) is 18.3. The van der Waals surface area contributed by atoms with Crippen molar-refractivity contribution in [1.82, 2.24) is 15.6 Å². The Hall–Kier alpha value is -3.54. The van der Waals surface area contributed by atoms with E-state index in [9.17, 15) is 23.9 Å². The number of halogens is 2. The van der Waals surface area contributed by atoms with Crippen molar-refractivity contribution in [3.05, 3.63) is 47.3 Å². The van der Waals surface area contributed by atoms with Crippen LogP contribution in [0.15, 0.2) is 35.6 Å². The lowest BCUT2D eigenvalue weighted by molar-refractivity contribution is 0.0120. The lowest BCUT2D eigenvalue weighted by Gasteiger charge is -2.23. The third kappa shape index (κ3) is 3.84. The molecule has 0 saturated carbocycles. The summed E-state index contributed by atoms with van der Waals surface area (Å²) in [6, 6.07) is 6.32. The van der Waals surface area contributed by atoms with Gasteiger partial charge in [0.15, 0.2) is 5.96 Å². The second-order valence-electron chi connectivity index (χ2n) is 6.07. The molecular formula is C18H15F2N5O2. The third-order valence-electron chi connectivity index (χ3n) is 3.91. The Morgan fingerprint density at radius 1 is 1.41 bits per heavy atom. The molecule has 1 aromatic carbocycles. The second kappa shape index (κ2) is 6.99. The van der Waals surface area contributed by atoms with Crippen LogP contribution in [0.2, 0.25) is 0 Å². The minimum absolute atomic E-state index is 0.124. The van der Waals surface area contributed by atoms with E-state index in [0.717, 1.165) is 5.56 Å². The molecule has 0 atom stereocenters. The number of aromatic hydroxyl groups is 1. The Bertz CT molecular complexity index is 982. The summed E-state index contributed by atoms with van der Waals surface area (Å²) in [4.78, 5) is 20.4. The maximum absolute atomic E-state index is 13.2. The topological polar surface area (TPSA) is 110 Å². The van der Waals surface area contributed by atoms with Gasteiger partial charge in [0.25, 0.3) is 11.8 Å². The van der Waals surface area contributed by atoms with Crippen LogP contribution in [0.1, 0.15) is 21.5 Å². The summed E-state index contributed by atoms with van der Waals surface area (Å²) in [5.74, 6) is -4.25. The van der Waals surface area contributed by atoms with Gasteiger partial charge in [-0.3, -0.25) is 15.1 Å². The van der Waals surface area contributed by atoms with Crippen LogP contribution >= 0.6 is 0 Å². The maximum atomic E-state index is 13.2. The van der Waals surface area contributed by atoms with Crippen LogP contribution in [0, 0.1) is 18.3 Å². The van der Waals surface area contributed by atoms with Crippen LogP contribution < -0.4 is 10.6 Å². The van der Waals surface area contributed by atoms with Gasteiger partial charge in [-0.05, 0) is 30.7 Å². The van der Waals surface area contributed by atoms with Crippen molar-refractivity contribution < 1.29 is 18.7 Å². The molecule has 2 aromatic rings. The van der Waals surface area contributed by atoms with Gasteiger partial charge >= 0.3 is 0 Å². The van der Waals surface area contributed by atoms with Crippen molar-refractivity contribution in [3.63, 3.8) is 0 Å². The molecule has 1 amide bonds. The van der Waals surface area contributed by atoms with Crippen LogP contribution in [0.3, 0.4) is 0 Å². The molecule has 0 spiro atoms. The highest BCUT2D eigenvalue weighted by Gasteiger charge is 2.33. The number of pyridine rings is 1. The van der Waals surface area contributed by atoms with E-state index in [0.29, 0.717) is 5.56 Å². The van der Waals surface area contributed by atoms with Crippen LogP contribution in [0.4, 0.5) is 8.78 Å². The number of nitriles is 1. The number of hydrogen-bond acceptors (Lipinski definition) is 6. The molecule has 0 saturated heterocycles. The van der Waals surface area contributed by atoms with E-state index in [2.05, 4.69) is 20.6 Å². The van der Waals surface area contributed by atoms with Gasteiger partial charge in [-0.1, -0.05) is 0 Å². The van der Waals surface area contributed by atoms with E-state index < -0.39 is 24.9 Å². The molecule has 9 heteroatoms. The smallest absolute Gasteiger partial charge is 0.284 e. The van der Waals surface area contributed by atoms with Crippen LogP contribution in [0.5, 0.6) is 5.75 Å². The number of carbonyl (C=O) groups is 1. The quantitative estimate of drug-likeness (QED) is 0.747. The molecule has 0 bridgehead atoms. The van der Waals surface area contributed by atoms with E-state index in [1.807, 2.05) is 6.07 Å². The molecule has 1 aromatic heterocycles. The molecule has 0 radical (unpaired) electrons. The highest BCUT2D eigenvalue weighted by Crippen LogP contribution is 2.33. The monoisotopic (exact) mass is 371 g/mol. The number of alkyl halides is 2. The van der Waals surface area contributed by atoms with Gasteiger partial charge in [0.05, 0.1) is 23.7 Å². The zero-order chi connectivity index (χ0) is 19.6. The first-order chi connectivity index (χ1) is 12.8. The Morgan fingerprint density at radius 3 is 2.81 bits per heavy atom. The number of phenolic OH excluding ortho intramolecular Hbond substituents is 1. The van der Waals surface area contributed by atoms with Gasteiger partial charge in [0.2, 0.25) is 0 Å². The number of hydrogen-bond donors (Lipinski definition) is 3. The van der Waals surface area contributed by atoms with Crippen LogP contribution in [0.25, 0.3) is 11.1 Å². The number of guanidine groups is 1. The molecule has 1 aliphatic heterocycles. The lowest BCUT2D eigenvalue weighted by atomic mass is 9.94. The summed E-state index contributed by atoms with van der Waals surface area (Å²) in [5, 5.41) is 24.4. The number of aryl methyl sites for hydroxylation is 1. The second-order valence-corrected chi connectivity index (χ2v) is 6.07. The number of amides is 1. The first-order valence-electron chi connectivity index (χ1n) is 7.96. The predicted octanol–water partition coefficient (Wildman–Crippen LogP) is 1.96. The Labute approximate surface area is 153 Å². The largest absolute Gasteiger partial charge is 0.507 e. The van der Waals surface area contributed by atoms with Gasteiger partial charge in [0.1, 0.15) is 12.3 Å². The predicted molar refractivity (Wildman–Crippen MR) is 93.5 cm³/mol. The van der Waals surface area contributed by atoms with Crippen molar-refractivity contribution in [1.29, 1.82) is 5.26 Å². The number of aromatic nitrogens is 1. The highest BCUT2D eigenvalue weighted by atomic mass is 19.3. The minimum atomic E-state index is -2.99. The van der Waals surface area contributed by atoms with E-state index in [4.69, 9.17) is 0 Å². The first-order valence-corrected chi connectivity index (χ1v) is 7.96. The molecule has 3 N–H and O–H groups in total. The fraction of sp³-hybridized carbons (Fsp3) is 0.222. The summed E-state index contributed by atoms with van der Waals surface area (Å²) in [5.41, 5.74) is 1.47. The summed E-state index contributed by atoms with van der Waals surface area (Å²) < 4.78 is 26.3. The third-order valence-corrected chi connectivity index (χ3v) is 3.91. The number of aliphatic imine (C=N–C) groups is 1. The fourth-order valence-electron chi connectivity index (χ4n) is 2.68. The van der Waals surface area contributed by atoms with Crippen molar-refractivity contribution >= 4 is 11.9 Å². The van der Waals surface area contributed by atoms with Crippen molar-refractivity contribution in [2.45, 2.75) is 12.8 Å². The standard InChI is InChI=1S/C18H15F2N5O2/c1-10-4-12(7-22-6-10)14-11(5-21)2-3-13(26)15(14)16(27)25-17-23-8-18(19,20)9-24-17/h2-4,6-7,26H,8-9H2,1H3,(H2,23,24,25,27). The number of benzene rings is 1. The molecule has 0 fully saturated rings. The van der Waals surface area contributed by atoms with Gasteiger partial charge in [-0.25, -0.2) is 13.8 Å². The average Bonchev–Trinajstić information content (AvgIpc) is 2.63. The SMILES string of the molecule is Cc1cncc(-c2c(C#N)ccc(O)c2C(=O)NC2=NCC(F)(F)CN2)c1. The molecule has 138 valence electrons. The van der Waals surface area contributed by atoms with E-state index in [-0.39, 0.29) is 28.4 Å². The Kier molecular flexibility index (Phi) is 4.73. The molecule has 0 aliphatic carbocycles. The molecule has 1 aliphatic rings. The van der Waals surface area contributed by atoms with Crippen molar-refractivity contribution in [2.75, 3.05) is 13.1 Å². The van der Waals surface area contributed by atoms with E-state index in [1.54, 1.807) is 19.2 Å². The zero-order valence-corrected chi connectivity index (χ0v) is 14.3. The number of rotatable bonds is 2. The Balaban J connectivity index is 2.04. The molecule has 27 heavy (non-hydrogen) atoms. The normalized spacial score (nSPS) is 15.3. The van der Waals surface area contributed by atoms with Crippen molar-refractivity contribution in [3.8, 4) is 22.9 Å². The average molecular weight is 371 g/mol. The molecular weight excluding hydrogens is 356 g/mol. The lowest BCUT2D eigenvalue weighted by Crippen LogP contribution is -2.50. The molecule has 0 unspecified atom stereocenters. The van der Waals surface area contributed by atoms with Gasteiger partial charge < -0.3 is 10.4 Å². The number of nitrogens with zero attached hydrogens (tertiary/aromatic N) is 3. The molecule has 2 heterocycles. The van der Waals surface area contributed by atoms with E-state index in [1.165, 1.54) is 18.3 Å². The van der Waals surface area contributed by atoms with Gasteiger partial charge in [0, 0.05) is 23.5 Å². The minimum Gasteiger partial charge on any atom is -0.507 e. The van der Waals surface area contributed by atoms with Gasteiger partial charge in [-0.2, -0.15) is 5.26 Å². The summed E-state index contributed by atoms with van der Waals surface area (Å²) in [6.07, 6.45) is 3.08. The van der Waals surface area contributed by atoms with Gasteiger partial charge in [-0.15, -0.1) is 0 Å². The summed E-state index contributed by atoms with van der Waals surface area (Å²) in [6.45, 7) is 0.380. The number of phenols is 1. The molecule has 7 nitrogen and oxygen atoms in total. The zero-order valence-electron chi connectivity index (χ0n) is 14.3. The maximum Gasteiger partial charge on any atom is 0.284 e. The summed E-state index contributed by atoms with van der Waals surface area (Å²) in [7, 11) is 0. The fourth-order valence-corrected chi connectivity index (χ4v) is 2.68. The van der Waals surface area contributed by atoms with Crippen molar-refractivity contribution in [2.24, 2.45) is 4.99 Å². The number of carbonyl (C=O) groups excluding carboxylic acids is 1. The van der Waals surface area contributed by atoms with E-state index >= 15 is 0 Å². The van der Waals surface area contributed by atoms with Crippen LogP contribution in [-0.4, -0.2) is 41.0 Å². The Morgan fingerprint density at radius 2 is 2.19 bits per heavy atom. The highest BCUT2D eigenvalue weighted by molar-refractivity contribution is 6.11.